The molecule has 3 heterocycles. The minimum atomic E-state index is -0.222. The fourth-order valence-corrected chi connectivity index (χ4v) is 2.67. The summed E-state index contributed by atoms with van der Waals surface area (Å²) in [4.78, 5) is 19.4. The first-order valence-corrected chi connectivity index (χ1v) is 7.70. The molecule has 0 bridgehead atoms. The number of pyridine rings is 1. The van der Waals surface area contributed by atoms with Crippen LogP contribution in [-0.4, -0.2) is 19.7 Å². The van der Waals surface area contributed by atoms with Crippen LogP contribution < -0.4 is 5.56 Å². The Morgan fingerprint density at radius 2 is 2.17 bits per heavy atom. The monoisotopic (exact) mass is 332 g/mol. The average Bonchev–Trinajstić information content (AvgIpc) is 3.04. The van der Waals surface area contributed by atoms with Crippen molar-refractivity contribution in [2.45, 2.75) is 20.3 Å². The number of nitrogens with one attached hydrogen (secondary N) is 1. The number of halogens is 1. The van der Waals surface area contributed by atoms with Gasteiger partial charge in [-0.25, -0.2) is 0 Å². The van der Waals surface area contributed by atoms with E-state index in [0.29, 0.717) is 28.1 Å². The second-order valence-corrected chi connectivity index (χ2v) is 6.34. The van der Waals surface area contributed by atoms with Gasteiger partial charge >= 0.3 is 0 Å². The van der Waals surface area contributed by atoms with Crippen LogP contribution in [0.1, 0.15) is 19.5 Å². The number of aromatic amines is 1. The van der Waals surface area contributed by atoms with E-state index in [-0.39, 0.29) is 11.4 Å². The van der Waals surface area contributed by atoms with Crippen molar-refractivity contribution in [3.05, 3.63) is 45.5 Å². The predicted molar refractivity (Wildman–Crippen MR) is 88.3 cm³/mol. The van der Waals surface area contributed by atoms with Crippen LogP contribution in [0.4, 0.5) is 0 Å². The molecule has 0 unspecified atom stereocenters. The predicted octanol–water partition coefficient (Wildman–Crippen LogP) is 3.28. The molecule has 0 aliphatic carbocycles. The molecule has 0 saturated heterocycles. The maximum Gasteiger partial charge on any atom is 0.274 e. The van der Waals surface area contributed by atoms with Gasteiger partial charge in [-0.2, -0.15) is 4.98 Å². The van der Waals surface area contributed by atoms with Crippen LogP contribution in [0.25, 0.3) is 23.0 Å². The molecule has 1 N–H and O–H groups in total. The lowest BCUT2D eigenvalue weighted by Crippen LogP contribution is -2.13. The van der Waals surface area contributed by atoms with Crippen LogP contribution in [0.3, 0.4) is 0 Å². The van der Waals surface area contributed by atoms with Gasteiger partial charge in [0.1, 0.15) is 5.69 Å². The lowest BCUT2D eigenvalue weighted by Gasteiger charge is -2.04. The van der Waals surface area contributed by atoms with Crippen molar-refractivity contribution in [1.82, 2.24) is 19.7 Å². The van der Waals surface area contributed by atoms with Gasteiger partial charge in [0, 0.05) is 18.9 Å². The molecule has 7 heteroatoms. The smallest absolute Gasteiger partial charge is 0.274 e. The highest BCUT2D eigenvalue weighted by atomic mass is 35.5. The zero-order valence-electron chi connectivity index (χ0n) is 13.1. The summed E-state index contributed by atoms with van der Waals surface area (Å²) in [5.41, 5.74) is 1.75. The van der Waals surface area contributed by atoms with Gasteiger partial charge in [0.15, 0.2) is 0 Å². The molecule has 23 heavy (non-hydrogen) atoms. The Morgan fingerprint density at radius 1 is 1.39 bits per heavy atom. The van der Waals surface area contributed by atoms with E-state index in [1.54, 1.807) is 22.9 Å². The highest BCUT2D eigenvalue weighted by Crippen LogP contribution is 2.24. The molecule has 0 atom stereocenters. The van der Waals surface area contributed by atoms with Crippen LogP contribution in [0, 0.1) is 5.92 Å². The van der Waals surface area contributed by atoms with E-state index >= 15 is 0 Å². The minimum absolute atomic E-state index is 0.222. The van der Waals surface area contributed by atoms with E-state index in [1.807, 2.05) is 13.1 Å². The first-order chi connectivity index (χ1) is 10.9. The number of nitrogens with zero attached hydrogens (tertiary/aromatic N) is 3. The summed E-state index contributed by atoms with van der Waals surface area (Å²) >= 11 is 5.96. The Labute approximate surface area is 138 Å². The van der Waals surface area contributed by atoms with Crippen molar-refractivity contribution in [3.8, 4) is 23.0 Å². The first kappa shape index (κ1) is 15.6. The number of rotatable bonds is 4. The second-order valence-electron chi connectivity index (χ2n) is 5.90. The minimum Gasteiger partial charge on any atom is -0.345 e. The molecule has 0 aliphatic rings. The molecule has 0 radical (unpaired) electrons. The van der Waals surface area contributed by atoms with Crippen molar-refractivity contribution >= 4 is 11.6 Å². The lowest BCUT2D eigenvalue weighted by molar-refractivity contribution is 0.429. The van der Waals surface area contributed by atoms with Crippen LogP contribution in [0.15, 0.2) is 33.7 Å². The molecule has 3 rings (SSSR count). The maximum atomic E-state index is 12.2. The van der Waals surface area contributed by atoms with E-state index < -0.39 is 0 Å². The number of hydrogen-bond acceptors (Lipinski definition) is 4. The molecule has 0 aliphatic heterocycles. The Kier molecular flexibility index (Phi) is 4.09. The van der Waals surface area contributed by atoms with Gasteiger partial charge in [-0.3, -0.25) is 4.79 Å². The molecule has 0 amide bonds. The standard InChI is InChI=1S/C16H17ClN4O2/c1-9(2)6-11-4-5-12(15(22)18-11)14-19-16(23-20-14)13-7-10(17)8-21(13)3/h4-5,7-9H,6H2,1-3H3,(H,18,22). The van der Waals surface area contributed by atoms with Crippen molar-refractivity contribution in [2.24, 2.45) is 13.0 Å². The van der Waals surface area contributed by atoms with Gasteiger partial charge in [-0.15, -0.1) is 0 Å². The molecule has 0 fully saturated rings. The fourth-order valence-electron chi connectivity index (χ4n) is 2.42. The summed E-state index contributed by atoms with van der Waals surface area (Å²) < 4.78 is 7.04. The van der Waals surface area contributed by atoms with Crippen molar-refractivity contribution in [1.29, 1.82) is 0 Å². The van der Waals surface area contributed by atoms with E-state index in [9.17, 15) is 4.79 Å². The Bertz CT molecular complexity index is 892. The van der Waals surface area contributed by atoms with Crippen molar-refractivity contribution in [2.75, 3.05) is 0 Å². The Morgan fingerprint density at radius 3 is 2.78 bits per heavy atom. The zero-order valence-corrected chi connectivity index (χ0v) is 13.9. The molecular weight excluding hydrogens is 316 g/mol. The third-order valence-electron chi connectivity index (χ3n) is 3.46. The molecule has 0 spiro atoms. The van der Waals surface area contributed by atoms with Gasteiger partial charge in [-0.05, 0) is 30.5 Å². The third kappa shape index (κ3) is 3.22. The van der Waals surface area contributed by atoms with Gasteiger partial charge in [0.05, 0.1) is 10.6 Å². The number of H-pyrrole nitrogens is 1. The summed E-state index contributed by atoms with van der Waals surface area (Å²) in [6, 6.07) is 5.34. The molecular formula is C16H17ClN4O2. The van der Waals surface area contributed by atoms with Gasteiger partial charge in [0.2, 0.25) is 5.82 Å². The zero-order chi connectivity index (χ0) is 16.6. The van der Waals surface area contributed by atoms with E-state index in [0.717, 1.165) is 12.1 Å². The molecule has 6 nitrogen and oxygen atoms in total. The second kappa shape index (κ2) is 6.04. The van der Waals surface area contributed by atoms with Crippen molar-refractivity contribution < 1.29 is 4.52 Å². The largest absolute Gasteiger partial charge is 0.345 e. The quantitative estimate of drug-likeness (QED) is 0.795. The van der Waals surface area contributed by atoms with Gasteiger partial charge in [0.25, 0.3) is 11.4 Å². The number of hydrogen-bond donors (Lipinski definition) is 1. The topological polar surface area (TPSA) is 76.7 Å². The summed E-state index contributed by atoms with van der Waals surface area (Å²) in [6.07, 6.45) is 2.56. The molecule has 0 saturated carbocycles. The molecule has 3 aromatic rings. The number of aromatic nitrogens is 4. The van der Waals surface area contributed by atoms with Crippen LogP contribution in [0.2, 0.25) is 5.02 Å². The van der Waals surface area contributed by atoms with E-state index in [2.05, 4.69) is 29.0 Å². The summed E-state index contributed by atoms with van der Waals surface area (Å²) in [6.45, 7) is 4.20. The SMILES string of the molecule is CC(C)Cc1ccc(-c2noc(-c3cc(Cl)cn3C)n2)c(=O)[nH]1. The van der Waals surface area contributed by atoms with Crippen LogP contribution in [-0.2, 0) is 13.5 Å². The fraction of sp³-hybridized carbons (Fsp3) is 0.312. The van der Waals surface area contributed by atoms with Gasteiger partial charge in [-0.1, -0.05) is 30.6 Å². The highest BCUT2D eigenvalue weighted by molar-refractivity contribution is 6.30. The van der Waals surface area contributed by atoms with Crippen molar-refractivity contribution in [3.63, 3.8) is 0 Å². The lowest BCUT2D eigenvalue weighted by atomic mass is 10.1. The number of aryl methyl sites for hydroxylation is 1. The average molecular weight is 333 g/mol. The summed E-state index contributed by atoms with van der Waals surface area (Å²) in [5.74, 6) is 1.05. The van der Waals surface area contributed by atoms with Crippen LogP contribution in [0.5, 0.6) is 0 Å². The normalized spacial score (nSPS) is 11.3. The van der Waals surface area contributed by atoms with E-state index in [1.165, 1.54) is 0 Å². The molecule has 0 aromatic carbocycles. The molecule has 3 aromatic heterocycles. The Hall–Kier alpha value is -2.34. The van der Waals surface area contributed by atoms with Crippen LogP contribution >= 0.6 is 11.6 Å². The third-order valence-corrected chi connectivity index (χ3v) is 3.66. The Balaban J connectivity index is 1.94. The molecule has 120 valence electrons. The summed E-state index contributed by atoms with van der Waals surface area (Å²) in [7, 11) is 1.83. The van der Waals surface area contributed by atoms with Gasteiger partial charge < -0.3 is 14.1 Å². The highest BCUT2D eigenvalue weighted by Gasteiger charge is 2.16. The van der Waals surface area contributed by atoms with E-state index in [4.69, 9.17) is 16.1 Å². The first-order valence-electron chi connectivity index (χ1n) is 7.32. The maximum absolute atomic E-state index is 12.2. The summed E-state index contributed by atoms with van der Waals surface area (Å²) in [5, 5.41) is 4.48.